The Balaban J connectivity index is 0.853. The maximum absolute atomic E-state index is 14.0. The summed E-state index contributed by atoms with van der Waals surface area (Å²) in [6.45, 7) is 13.4. The molecule has 6 rings (SSSR count). The second-order valence-electron chi connectivity index (χ2n) is 18.8. The summed E-state index contributed by atoms with van der Waals surface area (Å²) < 4.78 is 16.7. The number of benzene rings is 1. The molecule has 72 heavy (non-hydrogen) atoms. The van der Waals surface area contributed by atoms with Gasteiger partial charge in [-0.15, -0.1) is 22.7 Å². The predicted molar refractivity (Wildman–Crippen MR) is 276 cm³/mol. The number of thiophene rings is 1. The van der Waals surface area contributed by atoms with Crippen LogP contribution in [0, 0.1) is 12.3 Å². The number of aliphatic hydroxyl groups excluding tert-OH is 1. The van der Waals surface area contributed by atoms with Crippen molar-refractivity contribution in [3.63, 3.8) is 0 Å². The van der Waals surface area contributed by atoms with Gasteiger partial charge in [0.2, 0.25) is 47.4 Å². The Bertz CT molecular complexity index is 2380. The summed E-state index contributed by atoms with van der Waals surface area (Å²) in [6.07, 6.45) is 0.786. The molecule has 5 N–H and O–H groups in total. The third-order valence-electron chi connectivity index (χ3n) is 12.0. The van der Waals surface area contributed by atoms with Crippen LogP contribution in [0.2, 0.25) is 0 Å². The van der Waals surface area contributed by atoms with Crippen molar-refractivity contribution in [1.82, 2.24) is 45.7 Å². The molecule has 0 saturated carbocycles. The fourth-order valence-corrected chi connectivity index (χ4v) is 9.64. The van der Waals surface area contributed by atoms with E-state index >= 15 is 0 Å². The fourth-order valence-electron chi connectivity index (χ4n) is 8.12. The van der Waals surface area contributed by atoms with Gasteiger partial charge in [0, 0.05) is 77.6 Å². The normalized spacial score (nSPS) is 16.5. The van der Waals surface area contributed by atoms with Gasteiger partial charge in [-0.3, -0.25) is 24.0 Å². The van der Waals surface area contributed by atoms with E-state index in [0.29, 0.717) is 50.6 Å². The predicted octanol–water partition coefficient (Wildman–Crippen LogP) is 2.49. The number of carbonyl (C=O) groups is 5. The highest BCUT2D eigenvalue weighted by Crippen LogP contribution is 2.29. The van der Waals surface area contributed by atoms with Crippen LogP contribution in [0.4, 0.5) is 17.8 Å². The molecule has 0 aliphatic carbocycles. The van der Waals surface area contributed by atoms with Crippen LogP contribution in [0.15, 0.2) is 47.3 Å². The van der Waals surface area contributed by atoms with Crippen molar-refractivity contribution in [3.8, 4) is 10.4 Å². The molecule has 2 fully saturated rings. The van der Waals surface area contributed by atoms with Crippen LogP contribution in [0.1, 0.15) is 56.7 Å². The quantitative estimate of drug-likeness (QED) is 0.0599. The molecule has 0 bridgehead atoms. The highest BCUT2D eigenvalue weighted by molar-refractivity contribution is 7.13. The van der Waals surface area contributed by atoms with Crippen LogP contribution in [-0.2, 0) is 51.1 Å². The molecule has 21 nitrogen and oxygen atoms in total. The molecular weight excluding hydrogens is 965 g/mol. The smallest absolute Gasteiger partial charge is 0.246 e. The Hall–Kier alpha value is -5.85. The minimum Gasteiger partial charge on any atom is -0.391 e. The summed E-state index contributed by atoms with van der Waals surface area (Å²) in [6, 6.07) is 10.1. The number of hydrogen-bond acceptors (Lipinski definition) is 18. The van der Waals surface area contributed by atoms with Gasteiger partial charge in [0.1, 0.15) is 18.7 Å². The Labute approximate surface area is 429 Å². The lowest BCUT2D eigenvalue weighted by atomic mass is 9.85. The van der Waals surface area contributed by atoms with E-state index in [1.807, 2.05) is 73.2 Å². The molecule has 0 radical (unpaired) electrons. The largest absolute Gasteiger partial charge is 0.391 e. The summed E-state index contributed by atoms with van der Waals surface area (Å²) in [4.78, 5) is 93.0. The highest BCUT2D eigenvalue weighted by Gasteiger charge is 2.44. The zero-order chi connectivity index (χ0) is 51.6. The van der Waals surface area contributed by atoms with Crippen molar-refractivity contribution in [3.05, 3.63) is 63.4 Å². The highest BCUT2D eigenvalue weighted by atomic mass is 32.1. The van der Waals surface area contributed by atoms with E-state index in [2.05, 4.69) is 37.3 Å². The first-order valence-corrected chi connectivity index (χ1v) is 26.1. The number of thiazole rings is 1. The maximum atomic E-state index is 14.0. The molecule has 1 aromatic carbocycles. The maximum Gasteiger partial charge on any atom is 0.246 e. The Morgan fingerprint density at radius 2 is 1.64 bits per heavy atom. The zero-order valence-electron chi connectivity index (χ0n) is 42.2. The first-order valence-electron chi connectivity index (χ1n) is 24.3. The van der Waals surface area contributed by atoms with Crippen LogP contribution < -0.4 is 31.1 Å². The van der Waals surface area contributed by atoms with E-state index in [1.165, 1.54) is 9.78 Å². The molecular formula is C49H70N12O9S2. The number of rotatable bonds is 25. The molecule has 5 amide bonds. The van der Waals surface area contributed by atoms with Crippen molar-refractivity contribution >= 4 is 70.1 Å². The van der Waals surface area contributed by atoms with Crippen LogP contribution in [-0.4, -0.2) is 182 Å². The number of nitrogens with one attached hydrogen (secondary N) is 4. The van der Waals surface area contributed by atoms with Gasteiger partial charge in [-0.1, -0.05) is 51.1 Å². The lowest BCUT2D eigenvalue weighted by Crippen LogP contribution is -2.58. The fraction of sp³-hybridized carbons (Fsp3) is 0.571. The molecule has 0 spiro atoms. The Kier molecular flexibility index (Phi) is 21.0. The van der Waals surface area contributed by atoms with Gasteiger partial charge in [0.05, 0.1) is 61.8 Å². The Morgan fingerprint density at radius 1 is 0.889 bits per heavy atom. The van der Waals surface area contributed by atoms with Gasteiger partial charge in [0.25, 0.3) is 0 Å². The average Bonchev–Trinajstić information content (AvgIpc) is 4.08. The van der Waals surface area contributed by atoms with Crippen LogP contribution in [0.3, 0.4) is 0 Å². The lowest BCUT2D eigenvalue weighted by Gasteiger charge is -2.35. The minimum absolute atomic E-state index is 0.00151. The Morgan fingerprint density at radius 3 is 2.33 bits per heavy atom. The number of amides is 5. The molecule has 3 aromatic heterocycles. The van der Waals surface area contributed by atoms with Crippen molar-refractivity contribution < 1.29 is 43.3 Å². The number of anilines is 3. The van der Waals surface area contributed by atoms with E-state index in [0.717, 1.165) is 34.5 Å². The van der Waals surface area contributed by atoms with E-state index in [1.54, 1.807) is 47.1 Å². The monoisotopic (exact) mass is 1030 g/mol. The van der Waals surface area contributed by atoms with Crippen molar-refractivity contribution in [2.24, 2.45) is 5.41 Å². The zero-order valence-corrected chi connectivity index (χ0v) is 43.8. The lowest BCUT2D eigenvalue weighted by molar-refractivity contribution is -0.144. The van der Waals surface area contributed by atoms with Gasteiger partial charge in [-0.2, -0.15) is 15.0 Å². The van der Waals surface area contributed by atoms with Crippen molar-refractivity contribution in [1.29, 1.82) is 0 Å². The van der Waals surface area contributed by atoms with E-state index < -0.39 is 35.4 Å². The van der Waals surface area contributed by atoms with Crippen LogP contribution in [0.5, 0.6) is 0 Å². The van der Waals surface area contributed by atoms with E-state index in [4.69, 9.17) is 24.2 Å². The number of hydrogen-bond donors (Lipinski definition) is 5. The van der Waals surface area contributed by atoms with Crippen molar-refractivity contribution in [2.45, 2.75) is 78.6 Å². The third-order valence-corrected chi connectivity index (χ3v) is 14.0. The van der Waals surface area contributed by atoms with E-state index in [9.17, 15) is 29.1 Å². The summed E-state index contributed by atoms with van der Waals surface area (Å²) in [5.41, 5.74) is 3.97. The summed E-state index contributed by atoms with van der Waals surface area (Å²) in [5, 5.41) is 24.5. The molecule has 2 aliphatic heterocycles. The molecule has 5 heterocycles. The molecule has 3 atom stereocenters. The second kappa shape index (κ2) is 27.3. The average molecular weight is 1040 g/mol. The van der Waals surface area contributed by atoms with Gasteiger partial charge in [-0.25, -0.2) is 4.98 Å². The van der Waals surface area contributed by atoms with Crippen LogP contribution >= 0.6 is 22.7 Å². The number of aryl methyl sites for hydroxylation is 1. The summed E-state index contributed by atoms with van der Waals surface area (Å²) >= 11 is 3.25. The number of carbonyl (C=O) groups excluding carboxylic acids is 5. The number of aromatic nitrogens is 4. The van der Waals surface area contributed by atoms with Gasteiger partial charge < -0.3 is 60.2 Å². The molecule has 2 saturated heterocycles. The summed E-state index contributed by atoms with van der Waals surface area (Å²) in [5.74, 6) is -0.312. The second-order valence-corrected chi connectivity index (χ2v) is 20.7. The number of likely N-dealkylation sites (N-methyl/N-ethyl adjacent to an activating group) is 1. The molecule has 392 valence electrons. The minimum atomic E-state index is -0.986. The van der Waals surface area contributed by atoms with Crippen molar-refractivity contribution in [2.75, 3.05) is 114 Å². The van der Waals surface area contributed by atoms with Gasteiger partial charge >= 0.3 is 0 Å². The number of likely N-dealkylation sites (tertiary alicyclic amines) is 1. The first-order chi connectivity index (χ1) is 34.5. The molecule has 23 heteroatoms. The van der Waals surface area contributed by atoms with Crippen LogP contribution in [0.25, 0.3) is 10.4 Å². The third kappa shape index (κ3) is 16.9. The molecule has 4 aromatic rings. The van der Waals surface area contributed by atoms with Gasteiger partial charge in [0.15, 0.2) is 0 Å². The van der Waals surface area contributed by atoms with Gasteiger partial charge in [-0.05, 0) is 47.8 Å². The number of nitrogens with zero attached hydrogens (tertiary/aromatic N) is 8. The molecule has 2 aliphatic rings. The van der Waals surface area contributed by atoms with E-state index in [-0.39, 0.29) is 90.0 Å². The topological polar surface area (TPSA) is 246 Å². The SMILES string of the molecule is CC(=O)N1CCCN(c2nc(NCCc3cccs3)nc(N(C)CC(=O)NCCOCCOCCOCC(=O)NC(C(=O)N3CC(O)CC3C(=O)NCc3ccc(-c4scnc4C)cc3)C(C)(C)C)n2)CC1. The first kappa shape index (κ1) is 55.5. The summed E-state index contributed by atoms with van der Waals surface area (Å²) in [7, 11) is 1.75. The molecule has 3 unspecified atom stereocenters. The number of ether oxygens (including phenoxy) is 3. The number of β-amino-alcohol motifs (C(OH)–C–C–N with tert-alkyl or cyclic N) is 1. The number of aliphatic hydroxyl groups is 1. The standard InChI is InChI=1S/C49H70N12O9S2/c1-33-42(72-32-53-33)36-12-10-35(11-13-36)28-52-44(66)39-27-37(63)29-61(39)45(67)43(49(3,4)5)54-41(65)31-70-25-24-69-23-22-68-21-16-50-40(64)30-58(6)47-55-46(51-15-14-38-9-7-26-71-38)56-48(57-47)60-18-8-17-59(19-20-60)34(2)62/h7,9-13,26,32,37,39,43,63H,8,14-25,27-31H2,1-6H3,(H,50,64)(H,52,66)(H,54,65)(H,51,55,56,57).